The van der Waals surface area contributed by atoms with E-state index in [1.54, 1.807) is 13.1 Å². The molecule has 0 atom stereocenters. The van der Waals surface area contributed by atoms with Crippen molar-refractivity contribution in [3.05, 3.63) is 73.7 Å². The standard InChI is InChI=1S/C20H13N3O3S/c1-22-18-15(19(25)23(2)20(22)26)13(12-8-5-9-27-12)14-16(21-18)10-6-3-4-7-11(10)17(14)24/h3-9H,1-2H3. The first kappa shape index (κ1) is 15.9. The highest BCUT2D eigenvalue weighted by molar-refractivity contribution is 7.13. The summed E-state index contributed by atoms with van der Waals surface area (Å²) in [5.41, 5.74) is 2.19. The van der Waals surface area contributed by atoms with Crippen LogP contribution in [0.1, 0.15) is 15.9 Å². The summed E-state index contributed by atoms with van der Waals surface area (Å²) < 4.78 is 2.42. The topological polar surface area (TPSA) is 74.0 Å². The molecule has 3 aromatic heterocycles. The lowest BCUT2D eigenvalue weighted by Crippen LogP contribution is -2.37. The Kier molecular flexibility index (Phi) is 3.14. The first-order valence-electron chi connectivity index (χ1n) is 8.32. The van der Waals surface area contributed by atoms with Crippen molar-refractivity contribution in [2.24, 2.45) is 14.1 Å². The Hall–Kier alpha value is -3.32. The largest absolute Gasteiger partial charge is 0.332 e. The maximum absolute atomic E-state index is 13.2. The van der Waals surface area contributed by atoms with Crippen LogP contribution in [-0.4, -0.2) is 19.9 Å². The van der Waals surface area contributed by atoms with Crippen molar-refractivity contribution < 1.29 is 4.79 Å². The molecule has 0 amide bonds. The third kappa shape index (κ3) is 1.94. The maximum atomic E-state index is 13.2. The van der Waals surface area contributed by atoms with Crippen LogP contribution in [-0.2, 0) is 14.1 Å². The molecule has 0 saturated heterocycles. The number of pyridine rings is 1. The van der Waals surface area contributed by atoms with Crippen LogP contribution < -0.4 is 11.2 Å². The van der Waals surface area contributed by atoms with Crippen LogP contribution in [0.4, 0.5) is 0 Å². The summed E-state index contributed by atoms with van der Waals surface area (Å²) >= 11 is 1.45. The van der Waals surface area contributed by atoms with E-state index in [0.717, 1.165) is 15.0 Å². The molecule has 27 heavy (non-hydrogen) atoms. The van der Waals surface area contributed by atoms with Crippen molar-refractivity contribution in [2.45, 2.75) is 0 Å². The predicted molar refractivity (Wildman–Crippen MR) is 104 cm³/mol. The van der Waals surface area contributed by atoms with Crippen molar-refractivity contribution in [3.63, 3.8) is 0 Å². The Labute approximate surface area is 157 Å². The van der Waals surface area contributed by atoms with E-state index in [1.807, 2.05) is 35.7 Å². The lowest BCUT2D eigenvalue weighted by Gasteiger charge is -2.13. The summed E-state index contributed by atoms with van der Waals surface area (Å²) in [7, 11) is 3.02. The van der Waals surface area contributed by atoms with Gasteiger partial charge in [0.1, 0.15) is 0 Å². The number of carbonyl (C=O) groups is 1. The van der Waals surface area contributed by atoms with Gasteiger partial charge in [0, 0.05) is 35.7 Å². The van der Waals surface area contributed by atoms with Crippen LogP contribution in [0.2, 0.25) is 0 Å². The highest BCUT2D eigenvalue weighted by Crippen LogP contribution is 2.43. The molecular formula is C20H13N3O3S. The van der Waals surface area contributed by atoms with Crippen LogP contribution >= 0.6 is 11.3 Å². The maximum Gasteiger partial charge on any atom is 0.332 e. The zero-order chi connectivity index (χ0) is 18.9. The molecular weight excluding hydrogens is 362 g/mol. The molecule has 132 valence electrons. The van der Waals surface area contributed by atoms with Gasteiger partial charge in [0.15, 0.2) is 11.4 Å². The van der Waals surface area contributed by atoms with E-state index in [1.165, 1.54) is 23.0 Å². The smallest absolute Gasteiger partial charge is 0.288 e. The second-order valence-electron chi connectivity index (χ2n) is 6.47. The first-order valence-corrected chi connectivity index (χ1v) is 9.20. The number of fused-ring (bicyclic) bond motifs is 4. The molecule has 1 aliphatic rings. The number of hydrogen-bond acceptors (Lipinski definition) is 5. The Morgan fingerprint density at radius 3 is 2.33 bits per heavy atom. The molecule has 6 nitrogen and oxygen atoms in total. The van der Waals surface area contributed by atoms with Crippen molar-refractivity contribution in [1.82, 2.24) is 14.1 Å². The molecule has 7 heteroatoms. The highest BCUT2D eigenvalue weighted by atomic mass is 32.1. The minimum atomic E-state index is -0.449. The van der Waals surface area contributed by atoms with E-state index >= 15 is 0 Å². The molecule has 1 aliphatic carbocycles. The average Bonchev–Trinajstić information content (AvgIpc) is 3.31. The zero-order valence-electron chi connectivity index (χ0n) is 14.5. The monoisotopic (exact) mass is 375 g/mol. The fraction of sp³-hybridized carbons (Fsp3) is 0.100. The minimum Gasteiger partial charge on any atom is -0.288 e. The van der Waals surface area contributed by atoms with E-state index in [0.29, 0.717) is 27.8 Å². The molecule has 0 aliphatic heterocycles. The predicted octanol–water partition coefficient (Wildman–Crippen LogP) is 2.57. The fourth-order valence-corrected chi connectivity index (χ4v) is 4.48. The summed E-state index contributed by atoms with van der Waals surface area (Å²) in [5, 5.41) is 2.19. The molecule has 4 aromatic rings. The number of ketones is 1. The van der Waals surface area contributed by atoms with Crippen molar-refractivity contribution in [1.29, 1.82) is 0 Å². The molecule has 0 N–H and O–H groups in total. The van der Waals surface area contributed by atoms with Gasteiger partial charge in [0.25, 0.3) is 5.56 Å². The van der Waals surface area contributed by atoms with Crippen LogP contribution in [0.5, 0.6) is 0 Å². The van der Waals surface area contributed by atoms with Gasteiger partial charge in [-0.1, -0.05) is 30.3 Å². The van der Waals surface area contributed by atoms with Crippen molar-refractivity contribution in [2.75, 3.05) is 0 Å². The van der Waals surface area contributed by atoms with Gasteiger partial charge in [-0.05, 0) is 11.4 Å². The van der Waals surface area contributed by atoms with Gasteiger partial charge in [-0.25, -0.2) is 9.78 Å². The number of aryl methyl sites for hydroxylation is 1. The van der Waals surface area contributed by atoms with Gasteiger partial charge in [-0.15, -0.1) is 11.3 Å². The van der Waals surface area contributed by atoms with E-state index in [-0.39, 0.29) is 11.4 Å². The summed E-state index contributed by atoms with van der Waals surface area (Å²) in [6.07, 6.45) is 0. The first-order chi connectivity index (χ1) is 13.0. The normalized spacial score (nSPS) is 12.4. The molecule has 0 radical (unpaired) electrons. The number of benzene rings is 1. The van der Waals surface area contributed by atoms with Crippen LogP contribution in [0, 0.1) is 0 Å². The lowest BCUT2D eigenvalue weighted by atomic mass is 10.0. The SMILES string of the molecule is Cn1c(=O)c2c(-c3cccs3)c3c(nc2n(C)c1=O)-c1ccccc1C3=O. The Balaban J connectivity index is 2.10. The second kappa shape index (κ2) is 5.34. The molecule has 5 rings (SSSR count). The van der Waals surface area contributed by atoms with Gasteiger partial charge in [0.2, 0.25) is 0 Å². The van der Waals surface area contributed by atoms with Gasteiger partial charge < -0.3 is 0 Å². The Bertz CT molecular complexity index is 1390. The minimum absolute atomic E-state index is 0.144. The zero-order valence-corrected chi connectivity index (χ0v) is 15.3. The number of rotatable bonds is 1. The molecule has 3 heterocycles. The molecule has 1 aromatic carbocycles. The van der Waals surface area contributed by atoms with E-state index in [4.69, 9.17) is 0 Å². The molecule has 0 unspecified atom stereocenters. The summed E-state index contributed by atoms with van der Waals surface area (Å²) in [4.78, 5) is 44.0. The van der Waals surface area contributed by atoms with E-state index < -0.39 is 11.2 Å². The third-order valence-corrected chi connectivity index (χ3v) is 5.90. The van der Waals surface area contributed by atoms with E-state index in [2.05, 4.69) is 4.98 Å². The highest BCUT2D eigenvalue weighted by Gasteiger charge is 2.34. The van der Waals surface area contributed by atoms with Gasteiger partial charge >= 0.3 is 5.69 Å². The van der Waals surface area contributed by atoms with Gasteiger partial charge in [-0.3, -0.25) is 18.7 Å². The second-order valence-corrected chi connectivity index (χ2v) is 7.41. The number of aromatic nitrogens is 3. The van der Waals surface area contributed by atoms with Gasteiger partial charge in [-0.2, -0.15) is 0 Å². The third-order valence-electron chi connectivity index (χ3n) is 5.01. The van der Waals surface area contributed by atoms with Crippen molar-refractivity contribution >= 4 is 28.2 Å². The number of nitrogens with zero attached hydrogens (tertiary/aromatic N) is 3. The number of hydrogen-bond donors (Lipinski definition) is 0. The summed E-state index contributed by atoms with van der Waals surface area (Å²) in [6, 6.07) is 11.0. The Morgan fingerprint density at radius 2 is 1.63 bits per heavy atom. The van der Waals surface area contributed by atoms with Gasteiger partial charge in [0.05, 0.1) is 16.6 Å². The molecule has 0 saturated carbocycles. The van der Waals surface area contributed by atoms with E-state index in [9.17, 15) is 14.4 Å². The number of thiophene rings is 1. The Morgan fingerprint density at radius 1 is 0.889 bits per heavy atom. The average molecular weight is 375 g/mol. The van der Waals surface area contributed by atoms with Crippen molar-refractivity contribution in [3.8, 4) is 21.7 Å². The summed E-state index contributed by atoms with van der Waals surface area (Å²) in [5.74, 6) is -0.144. The summed E-state index contributed by atoms with van der Waals surface area (Å²) in [6.45, 7) is 0. The van der Waals surface area contributed by atoms with Crippen LogP contribution in [0.15, 0.2) is 51.4 Å². The molecule has 0 bridgehead atoms. The number of carbonyl (C=O) groups excluding carboxylic acids is 1. The molecule has 0 spiro atoms. The van der Waals surface area contributed by atoms with Crippen LogP contribution in [0.25, 0.3) is 32.7 Å². The van der Waals surface area contributed by atoms with Crippen LogP contribution in [0.3, 0.4) is 0 Å². The quantitative estimate of drug-likeness (QED) is 0.451. The lowest BCUT2D eigenvalue weighted by molar-refractivity contribution is 0.104. The molecule has 0 fully saturated rings. The fourth-order valence-electron chi connectivity index (χ4n) is 3.69.